The fraction of sp³-hybridized carbons (Fsp3) is 0.308. The number of nitrogens with one attached hydrogen (secondary N) is 2. The number of piperazine rings is 1. The highest BCUT2D eigenvalue weighted by Gasteiger charge is 2.29. The summed E-state index contributed by atoms with van der Waals surface area (Å²) in [7, 11) is 1.57. The highest BCUT2D eigenvalue weighted by atomic mass is 19.1. The lowest BCUT2D eigenvalue weighted by Crippen LogP contribution is -2.52. The Hall–Kier alpha value is -4.07. The molecule has 3 aromatic rings. The molecule has 0 spiro atoms. The second-order valence-corrected chi connectivity index (χ2v) is 8.93. The number of carbonyl (C=O) groups excluding carboxylic acids is 1. The Labute approximate surface area is 208 Å². The number of hydrogen-bond donors (Lipinski definition) is 3. The van der Waals surface area contributed by atoms with Crippen LogP contribution >= 0.6 is 0 Å². The van der Waals surface area contributed by atoms with Crippen molar-refractivity contribution in [3.63, 3.8) is 0 Å². The third-order valence-electron chi connectivity index (χ3n) is 6.69. The van der Waals surface area contributed by atoms with Crippen LogP contribution in [0.2, 0.25) is 0 Å². The van der Waals surface area contributed by atoms with Gasteiger partial charge in [0.1, 0.15) is 11.5 Å². The smallest absolute Gasteiger partial charge is 0.269 e. The van der Waals surface area contributed by atoms with Gasteiger partial charge in [0.05, 0.1) is 35.8 Å². The monoisotopic (exact) mass is 487 g/mol. The van der Waals surface area contributed by atoms with E-state index in [-0.39, 0.29) is 11.9 Å². The molecule has 2 aliphatic heterocycles. The highest BCUT2D eigenvalue weighted by molar-refractivity contribution is 5.92. The zero-order chi connectivity index (χ0) is 25.2. The molecular weight excluding hydrogens is 461 g/mol. The number of aliphatic hydroxyl groups is 1. The number of nitrogens with zero attached hydrogens (tertiary/aromatic N) is 5. The summed E-state index contributed by atoms with van der Waals surface area (Å²) in [5.74, 6) is -0.638. The molecule has 1 aromatic carbocycles. The van der Waals surface area contributed by atoms with Crippen molar-refractivity contribution >= 4 is 17.3 Å². The Morgan fingerprint density at radius 2 is 2.11 bits per heavy atom. The molecule has 1 unspecified atom stereocenters. The van der Waals surface area contributed by atoms with Gasteiger partial charge in [-0.15, -0.1) is 0 Å². The number of halogens is 1. The quantitative estimate of drug-likeness (QED) is 0.503. The van der Waals surface area contributed by atoms with Crippen molar-refractivity contribution in [1.29, 1.82) is 5.26 Å². The van der Waals surface area contributed by atoms with E-state index in [1.165, 1.54) is 12.1 Å². The molecule has 2 aromatic heterocycles. The van der Waals surface area contributed by atoms with E-state index >= 15 is 0 Å². The standard InChI is InChI=1S/C26H26FN7O2/c1-29-26(36)22-5-3-18(13-30-22)34-9-8-33(19(15-34)6-7-28)14-16-10-23-24(31-12-16)20-4-2-17(27)11-21(20)25(35)32-23/h2-5,10-13,19,25,32,35H,6,8-9,14-15H2,1H3,(H,29,36)/t19-,25?/m1/s1. The van der Waals surface area contributed by atoms with Gasteiger partial charge in [-0.05, 0) is 42.0 Å². The number of nitriles is 1. The number of fused-ring (bicyclic) bond motifs is 3. The highest BCUT2D eigenvalue weighted by Crippen LogP contribution is 2.39. The Bertz CT molecular complexity index is 1320. The summed E-state index contributed by atoms with van der Waals surface area (Å²) >= 11 is 0. The van der Waals surface area contributed by atoms with Gasteiger partial charge in [0.25, 0.3) is 5.91 Å². The minimum absolute atomic E-state index is 0.000602. The van der Waals surface area contributed by atoms with Crippen molar-refractivity contribution in [1.82, 2.24) is 20.2 Å². The van der Waals surface area contributed by atoms with Crippen LogP contribution in [0.5, 0.6) is 0 Å². The van der Waals surface area contributed by atoms with E-state index in [4.69, 9.17) is 0 Å². The first kappa shape index (κ1) is 23.7. The number of benzene rings is 1. The molecule has 0 bridgehead atoms. The van der Waals surface area contributed by atoms with Crippen LogP contribution in [0.1, 0.15) is 34.3 Å². The van der Waals surface area contributed by atoms with Gasteiger partial charge in [0.2, 0.25) is 0 Å². The third-order valence-corrected chi connectivity index (χ3v) is 6.69. The molecule has 36 heavy (non-hydrogen) atoms. The summed E-state index contributed by atoms with van der Waals surface area (Å²) in [6, 6.07) is 12.2. The minimum atomic E-state index is -1.02. The van der Waals surface area contributed by atoms with Crippen molar-refractivity contribution in [3.8, 4) is 17.3 Å². The van der Waals surface area contributed by atoms with Crippen LogP contribution in [0.15, 0.2) is 48.8 Å². The number of hydrogen-bond acceptors (Lipinski definition) is 8. The van der Waals surface area contributed by atoms with Gasteiger partial charge in [-0.25, -0.2) is 9.37 Å². The summed E-state index contributed by atoms with van der Waals surface area (Å²) in [4.78, 5) is 25.1. The number of aromatic nitrogens is 2. The van der Waals surface area contributed by atoms with E-state index in [0.717, 1.165) is 24.3 Å². The molecule has 9 nitrogen and oxygen atoms in total. The third kappa shape index (κ3) is 4.58. The van der Waals surface area contributed by atoms with Crippen molar-refractivity contribution in [2.75, 3.05) is 36.9 Å². The molecule has 0 saturated carbocycles. The number of rotatable bonds is 5. The molecule has 3 N–H and O–H groups in total. The molecule has 184 valence electrons. The summed E-state index contributed by atoms with van der Waals surface area (Å²) in [6.07, 6.45) is 2.84. The van der Waals surface area contributed by atoms with Gasteiger partial charge in [-0.3, -0.25) is 14.7 Å². The first-order valence-corrected chi connectivity index (χ1v) is 11.7. The maximum atomic E-state index is 13.7. The topological polar surface area (TPSA) is 117 Å². The summed E-state index contributed by atoms with van der Waals surface area (Å²) in [5.41, 5.74) is 4.75. The van der Waals surface area contributed by atoms with E-state index in [1.54, 1.807) is 31.6 Å². The molecule has 1 amide bonds. The Kier molecular flexibility index (Phi) is 6.50. The molecule has 1 fully saturated rings. The molecule has 0 aliphatic carbocycles. The van der Waals surface area contributed by atoms with E-state index in [9.17, 15) is 19.6 Å². The fourth-order valence-electron chi connectivity index (χ4n) is 4.82. The van der Waals surface area contributed by atoms with Crippen LogP contribution in [0.25, 0.3) is 11.3 Å². The summed E-state index contributed by atoms with van der Waals surface area (Å²) in [6.45, 7) is 2.74. The average molecular weight is 488 g/mol. The number of pyridine rings is 2. The van der Waals surface area contributed by atoms with Crippen LogP contribution < -0.4 is 15.5 Å². The lowest BCUT2D eigenvalue weighted by Gasteiger charge is -2.41. The van der Waals surface area contributed by atoms with Crippen molar-refractivity contribution < 1.29 is 14.3 Å². The van der Waals surface area contributed by atoms with Crippen LogP contribution in [0.4, 0.5) is 15.8 Å². The molecular formula is C26H26FN7O2. The van der Waals surface area contributed by atoms with Crippen molar-refractivity contribution in [2.24, 2.45) is 0 Å². The average Bonchev–Trinajstić information content (AvgIpc) is 2.89. The Morgan fingerprint density at radius 3 is 2.86 bits per heavy atom. The predicted octanol–water partition coefficient (Wildman–Crippen LogP) is 2.66. The Balaban J connectivity index is 1.32. The Morgan fingerprint density at radius 1 is 1.25 bits per heavy atom. The molecule has 1 saturated heterocycles. The lowest BCUT2D eigenvalue weighted by atomic mass is 9.96. The van der Waals surface area contributed by atoms with E-state index < -0.39 is 12.0 Å². The fourth-order valence-corrected chi connectivity index (χ4v) is 4.82. The number of carbonyl (C=O) groups is 1. The molecule has 5 rings (SSSR count). The van der Waals surface area contributed by atoms with Crippen LogP contribution in [-0.2, 0) is 6.54 Å². The minimum Gasteiger partial charge on any atom is -0.369 e. The number of anilines is 2. The zero-order valence-electron chi connectivity index (χ0n) is 19.8. The van der Waals surface area contributed by atoms with Gasteiger partial charge in [0.15, 0.2) is 6.23 Å². The lowest BCUT2D eigenvalue weighted by molar-refractivity contribution is 0.0958. The van der Waals surface area contributed by atoms with E-state index in [2.05, 4.69) is 36.5 Å². The van der Waals surface area contributed by atoms with Gasteiger partial charge in [0, 0.05) is 56.6 Å². The predicted molar refractivity (Wildman–Crippen MR) is 132 cm³/mol. The zero-order valence-corrected chi connectivity index (χ0v) is 19.8. The van der Waals surface area contributed by atoms with Crippen LogP contribution in [0, 0.1) is 17.1 Å². The first-order chi connectivity index (χ1) is 17.5. The number of aliphatic hydroxyl groups excluding tert-OH is 1. The van der Waals surface area contributed by atoms with Crippen molar-refractivity contribution in [2.45, 2.75) is 25.2 Å². The second-order valence-electron chi connectivity index (χ2n) is 8.93. The van der Waals surface area contributed by atoms with Crippen molar-refractivity contribution in [3.05, 3.63) is 71.4 Å². The SMILES string of the molecule is CNC(=O)c1ccc(N2CCN(Cc3cnc4c(c3)NC(O)c3cc(F)ccc3-4)[C@H](CC#N)C2)cn1. The van der Waals surface area contributed by atoms with E-state index in [0.29, 0.717) is 47.7 Å². The number of amides is 1. The van der Waals surface area contributed by atoms with E-state index in [1.807, 2.05) is 12.1 Å². The normalized spacial score (nSPS) is 19.0. The molecule has 0 radical (unpaired) electrons. The van der Waals surface area contributed by atoms with Crippen LogP contribution in [0.3, 0.4) is 0 Å². The molecule has 2 atom stereocenters. The first-order valence-electron chi connectivity index (χ1n) is 11.7. The van der Waals surface area contributed by atoms with Crippen LogP contribution in [-0.4, -0.2) is 58.6 Å². The van der Waals surface area contributed by atoms with Gasteiger partial charge < -0.3 is 20.6 Å². The molecule has 10 heteroatoms. The van der Waals surface area contributed by atoms with Gasteiger partial charge in [-0.2, -0.15) is 5.26 Å². The summed E-state index contributed by atoms with van der Waals surface area (Å²) < 4.78 is 13.7. The largest absolute Gasteiger partial charge is 0.369 e. The maximum Gasteiger partial charge on any atom is 0.269 e. The van der Waals surface area contributed by atoms with Gasteiger partial charge >= 0.3 is 0 Å². The maximum absolute atomic E-state index is 13.7. The van der Waals surface area contributed by atoms with Gasteiger partial charge in [-0.1, -0.05) is 0 Å². The molecule has 4 heterocycles. The molecule has 2 aliphatic rings. The second kappa shape index (κ2) is 9.89. The summed E-state index contributed by atoms with van der Waals surface area (Å²) in [5, 5.41) is 25.5.